The van der Waals surface area contributed by atoms with E-state index in [1.165, 1.54) is 0 Å². The molecule has 0 aliphatic heterocycles. The number of hydrogen-bond acceptors (Lipinski definition) is 2. The third-order valence-corrected chi connectivity index (χ3v) is 2.10. The van der Waals surface area contributed by atoms with Gasteiger partial charge in [-0.25, -0.2) is 4.98 Å². The molecule has 1 aromatic carbocycles. The van der Waals surface area contributed by atoms with Crippen LogP contribution in [0.3, 0.4) is 0 Å². The number of hydrogen-bond donors (Lipinski definition) is 0. The van der Waals surface area contributed by atoms with Gasteiger partial charge in [0.15, 0.2) is 0 Å². The SMILES string of the molecule is Clc1cc(Oc2ccccc2)cc(Cl)n1. The molecule has 0 unspecified atom stereocenters. The Kier molecular flexibility index (Phi) is 3.09. The van der Waals surface area contributed by atoms with Crippen molar-refractivity contribution in [3.05, 3.63) is 52.8 Å². The fourth-order valence-corrected chi connectivity index (χ4v) is 1.57. The Balaban J connectivity index is 2.25. The molecule has 0 atom stereocenters. The maximum Gasteiger partial charge on any atom is 0.134 e. The van der Waals surface area contributed by atoms with E-state index in [1.807, 2.05) is 30.3 Å². The second kappa shape index (κ2) is 4.51. The molecule has 4 heteroatoms. The molecule has 0 radical (unpaired) electrons. The van der Waals surface area contributed by atoms with Crippen molar-refractivity contribution in [1.29, 1.82) is 0 Å². The Hall–Kier alpha value is -1.25. The van der Waals surface area contributed by atoms with Crippen LogP contribution < -0.4 is 4.74 Å². The number of nitrogens with zero attached hydrogens (tertiary/aromatic N) is 1. The molecule has 1 heterocycles. The summed E-state index contributed by atoms with van der Waals surface area (Å²) in [7, 11) is 0. The maximum atomic E-state index is 5.74. The number of benzene rings is 1. The van der Waals surface area contributed by atoms with Crippen LogP contribution >= 0.6 is 23.2 Å². The standard InChI is InChI=1S/C11H7Cl2NO/c12-10-6-9(7-11(13)14-10)15-8-4-2-1-3-5-8/h1-7H. The second-order valence-electron chi connectivity index (χ2n) is 2.86. The Bertz CT molecular complexity index is 439. The fourth-order valence-electron chi connectivity index (χ4n) is 1.13. The van der Waals surface area contributed by atoms with E-state index in [4.69, 9.17) is 27.9 Å². The highest BCUT2D eigenvalue weighted by atomic mass is 35.5. The van der Waals surface area contributed by atoms with Gasteiger partial charge in [0, 0.05) is 12.1 Å². The van der Waals surface area contributed by atoms with E-state index in [-0.39, 0.29) is 0 Å². The van der Waals surface area contributed by atoms with Crippen LogP contribution in [0.2, 0.25) is 10.3 Å². The molecule has 2 rings (SSSR count). The second-order valence-corrected chi connectivity index (χ2v) is 3.64. The minimum atomic E-state index is 0.313. The average Bonchev–Trinajstić information content (AvgIpc) is 2.17. The lowest BCUT2D eigenvalue weighted by Gasteiger charge is -2.05. The summed E-state index contributed by atoms with van der Waals surface area (Å²) in [6.45, 7) is 0. The minimum Gasteiger partial charge on any atom is -0.457 e. The molecule has 0 amide bonds. The first-order valence-corrected chi connectivity index (χ1v) is 5.05. The van der Waals surface area contributed by atoms with E-state index in [0.29, 0.717) is 16.1 Å². The van der Waals surface area contributed by atoms with E-state index >= 15 is 0 Å². The lowest BCUT2D eigenvalue weighted by atomic mass is 10.3. The Labute approximate surface area is 97.4 Å². The van der Waals surface area contributed by atoms with Crippen molar-refractivity contribution in [2.24, 2.45) is 0 Å². The fraction of sp³-hybridized carbons (Fsp3) is 0. The smallest absolute Gasteiger partial charge is 0.134 e. The molecule has 2 aromatic rings. The molecule has 2 nitrogen and oxygen atoms in total. The quantitative estimate of drug-likeness (QED) is 0.734. The Morgan fingerprint density at radius 1 is 0.867 bits per heavy atom. The van der Waals surface area contributed by atoms with Gasteiger partial charge in [0.05, 0.1) is 0 Å². The van der Waals surface area contributed by atoms with Gasteiger partial charge in [0.25, 0.3) is 0 Å². The van der Waals surface area contributed by atoms with E-state index in [9.17, 15) is 0 Å². The van der Waals surface area contributed by atoms with Gasteiger partial charge < -0.3 is 4.74 Å². The van der Waals surface area contributed by atoms with E-state index in [0.717, 1.165) is 5.75 Å². The highest BCUT2D eigenvalue weighted by molar-refractivity contribution is 6.32. The lowest BCUT2D eigenvalue weighted by Crippen LogP contribution is -1.85. The number of ether oxygens (including phenoxy) is 1. The van der Waals surface area contributed by atoms with Crippen molar-refractivity contribution in [3.63, 3.8) is 0 Å². The van der Waals surface area contributed by atoms with E-state index in [2.05, 4.69) is 4.98 Å². The number of para-hydroxylation sites is 1. The van der Waals surface area contributed by atoms with E-state index < -0.39 is 0 Å². The van der Waals surface area contributed by atoms with Crippen LogP contribution in [0.4, 0.5) is 0 Å². The minimum absolute atomic E-state index is 0.313. The normalized spacial score (nSPS) is 10.0. The molecular formula is C11H7Cl2NO. The zero-order valence-corrected chi connectivity index (χ0v) is 9.16. The number of pyridine rings is 1. The average molecular weight is 240 g/mol. The molecular weight excluding hydrogens is 233 g/mol. The van der Waals surface area contributed by atoms with Crippen LogP contribution in [-0.2, 0) is 0 Å². The first kappa shape index (κ1) is 10.3. The summed E-state index contributed by atoms with van der Waals surface area (Å²) in [6.07, 6.45) is 0. The summed E-state index contributed by atoms with van der Waals surface area (Å²) in [6, 6.07) is 12.6. The van der Waals surface area contributed by atoms with Crippen LogP contribution in [0.15, 0.2) is 42.5 Å². The summed E-state index contributed by atoms with van der Waals surface area (Å²) in [5, 5.41) is 0.627. The summed E-state index contributed by atoms with van der Waals surface area (Å²) in [5.41, 5.74) is 0. The summed E-state index contributed by atoms with van der Waals surface area (Å²) < 4.78 is 5.53. The summed E-state index contributed by atoms with van der Waals surface area (Å²) in [5.74, 6) is 1.31. The topological polar surface area (TPSA) is 22.1 Å². The molecule has 0 fully saturated rings. The first-order chi connectivity index (χ1) is 7.24. The van der Waals surface area contributed by atoms with Gasteiger partial charge in [-0.15, -0.1) is 0 Å². The van der Waals surface area contributed by atoms with Gasteiger partial charge in [0.1, 0.15) is 21.8 Å². The summed E-state index contributed by atoms with van der Waals surface area (Å²) in [4.78, 5) is 3.83. The lowest BCUT2D eigenvalue weighted by molar-refractivity contribution is 0.482. The number of halogens is 2. The highest BCUT2D eigenvalue weighted by Crippen LogP contribution is 2.25. The molecule has 0 spiro atoms. The van der Waals surface area contributed by atoms with Crippen LogP contribution in [-0.4, -0.2) is 4.98 Å². The largest absolute Gasteiger partial charge is 0.457 e. The monoisotopic (exact) mass is 239 g/mol. The van der Waals surface area contributed by atoms with Crippen molar-refractivity contribution < 1.29 is 4.74 Å². The van der Waals surface area contributed by atoms with Gasteiger partial charge in [-0.2, -0.15) is 0 Å². The Morgan fingerprint density at radius 3 is 2.07 bits per heavy atom. The third kappa shape index (κ3) is 2.85. The molecule has 0 aliphatic rings. The van der Waals surface area contributed by atoms with Gasteiger partial charge in [-0.3, -0.25) is 0 Å². The molecule has 0 bridgehead atoms. The molecule has 15 heavy (non-hydrogen) atoms. The highest BCUT2D eigenvalue weighted by Gasteiger charge is 2.01. The number of rotatable bonds is 2. The van der Waals surface area contributed by atoms with Crippen molar-refractivity contribution in [2.45, 2.75) is 0 Å². The predicted octanol–water partition coefficient (Wildman–Crippen LogP) is 4.18. The zero-order chi connectivity index (χ0) is 10.7. The van der Waals surface area contributed by atoms with Gasteiger partial charge in [0.2, 0.25) is 0 Å². The van der Waals surface area contributed by atoms with Crippen molar-refractivity contribution >= 4 is 23.2 Å². The van der Waals surface area contributed by atoms with E-state index in [1.54, 1.807) is 12.1 Å². The molecule has 0 saturated heterocycles. The molecule has 76 valence electrons. The molecule has 0 saturated carbocycles. The van der Waals surface area contributed by atoms with Crippen molar-refractivity contribution in [3.8, 4) is 11.5 Å². The third-order valence-electron chi connectivity index (χ3n) is 1.72. The maximum absolute atomic E-state index is 5.74. The van der Waals surface area contributed by atoms with Gasteiger partial charge in [-0.1, -0.05) is 41.4 Å². The zero-order valence-electron chi connectivity index (χ0n) is 7.65. The van der Waals surface area contributed by atoms with Crippen LogP contribution in [0, 0.1) is 0 Å². The molecule has 0 aliphatic carbocycles. The van der Waals surface area contributed by atoms with Crippen molar-refractivity contribution in [1.82, 2.24) is 4.98 Å². The van der Waals surface area contributed by atoms with Gasteiger partial charge in [-0.05, 0) is 12.1 Å². The van der Waals surface area contributed by atoms with Crippen LogP contribution in [0.25, 0.3) is 0 Å². The molecule has 1 aromatic heterocycles. The predicted molar refractivity (Wildman–Crippen MR) is 60.8 cm³/mol. The molecule has 0 N–H and O–H groups in total. The van der Waals surface area contributed by atoms with Gasteiger partial charge >= 0.3 is 0 Å². The van der Waals surface area contributed by atoms with Crippen molar-refractivity contribution in [2.75, 3.05) is 0 Å². The number of aromatic nitrogens is 1. The van der Waals surface area contributed by atoms with Crippen LogP contribution in [0.5, 0.6) is 11.5 Å². The Morgan fingerprint density at radius 2 is 1.47 bits per heavy atom. The summed E-state index contributed by atoms with van der Waals surface area (Å²) >= 11 is 11.5. The van der Waals surface area contributed by atoms with Crippen LogP contribution in [0.1, 0.15) is 0 Å². The first-order valence-electron chi connectivity index (χ1n) is 4.30.